The maximum Gasteiger partial charge on any atom is 0.349 e. The van der Waals surface area contributed by atoms with Crippen molar-refractivity contribution < 1.29 is 19.1 Å². The van der Waals surface area contributed by atoms with Gasteiger partial charge in [0.25, 0.3) is 0 Å². The minimum absolute atomic E-state index is 0.176. The van der Waals surface area contributed by atoms with Gasteiger partial charge in [-0.05, 0) is 67.3 Å². The molecule has 0 fully saturated rings. The number of aryl methyl sites for hydroxylation is 3. The molecular formula is C22H21NO4. The fourth-order valence-electron chi connectivity index (χ4n) is 2.55. The average Bonchev–Trinajstić information content (AvgIpc) is 2.67. The molecule has 0 unspecified atom stereocenters. The predicted molar refractivity (Wildman–Crippen MR) is 103 cm³/mol. The van der Waals surface area contributed by atoms with Gasteiger partial charge >= 0.3 is 5.97 Å². The highest BCUT2D eigenvalue weighted by Gasteiger charge is 2.16. The van der Waals surface area contributed by atoms with Gasteiger partial charge in [-0.25, -0.2) is 4.79 Å². The van der Waals surface area contributed by atoms with Crippen LogP contribution >= 0.6 is 0 Å². The molecule has 0 atom stereocenters. The van der Waals surface area contributed by atoms with Gasteiger partial charge < -0.3 is 9.47 Å². The Kier molecular flexibility index (Phi) is 6.51. The summed E-state index contributed by atoms with van der Waals surface area (Å²) in [7, 11) is 1.55. The molecule has 138 valence electrons. The third-order valence-corrected chi connectivity index (χ3v) is 4.24. The van der Waals surface area contributed by atoms with Crippen molar-refractivity contribution in [2.45, 2.75) is 20.8 Å². The molecule has 0 heterocycles. The number of methoxy groups -OCH3 is 1. The zero-order valence-corrected chi connectivity index (χ0v) is 15.8. The molecule has 0 spiro atoms. The van der Waals surface area contributed by atoms with E-state index in [4.69, 9.17) is 9.47 Å². The van der Waals surface area contributed by atoms with Crippen LogP contribution in [0.25, 0.3) is 6.08 Å². The second-order valence-electron chi connectivity index (χ2n) is 6.19. The second kappa shape index (κ2) is 8.81. The number of carbonyl (C=O) groups excluding carboxylic acids is 2. The molecule has 0 aliphatic carbocycles. The Morgan fingerprint density at radius 2 is 1.67 bits per heavy atom. The van der Waals surface area contributed by atoms with Crippen molar-refractivity contribution in [2.24, 2.45) is 0 Å². The standard InChI is InChI=1S/C22H21NO4/c1-14-9-16(3)20(10-15(14)2)21(24)13-27-22(25)18(12-23)11-17-5-7-19(26-4)8-6-17/h5-11H,13H2,1-4H3/b18-11+. The number of rotatable bonds is 6. The van der Waals surface area contributed by atoms with Crippen LogP contribution in [-0.4, -0.2) is 25.5 Å². The van der Waals surface area contributed by atoms with E-state index < -0.39 is 12.6 Å². The summed E-state index contributed by atoms with van der Waals surface area (Å²) < 4.78 is 10.1. The normalized spacial score (nSPS) is 10.9. The van der Waals surface area contributed by atoms with Gasteiger partial charge in [0, 0.05) is 5.56 Å². The van der Waals surface area contributed by atoms with Crippen LogP contribution in [0.1, 0.15) is 32.6 Å². The molecular weight excluding hydrogens is 342 g/mol. The monoisotopic (exact) mass is 363 g/mol. The summed E-state index contributed by atoms with van der Waals surface area (Å²) in [6.45, 7) is 5.32. The number of nitrogens with zero attached hydrogens (tertiary/aromatic N) is 1. The summed E-state index contributed by atoms with van der Waals surface area (Å²) in [5, 5.41) is 9.22. The number of ether oxygens (including phenoxy) is 2. The first-order chi connectivity index (χ1) is 12.8. The smallest absolute Gasteiger partial charge is 0.349 e. The number of carbonyl (C=O) groups is 2. The van der Waals surface area contributed by atoms with Crippen LogP contribution in [0.2, 0.25) is 0 Å². The molecule has 2 aromatic rings. The van der Waals surface area contributed by atoms with Gasteiger partial charge in [0.15, 0.2) is 6.61 Å². The highest BCUT2D eigenvalue weighted by Crippen LogP contribution is 2.17. The molecule has 0 aromatic heterocycles. The molecule has 5 heteroatoms. The summed E-state index contributed by atoms with van der Waals surface area (Å²) in [4.78, 5) is 24.5. The zero-order valence-electron chi connectivity index (χ0n) is 15.8. The molecule has 2 rings (SSSR count). The van der Waals surface area contributed by atoms with Gasteiger partial charge in [0.05, 0.1) is 7.11 Å². The lowest BCUT2D eigenvalue weighted by Crippen LogP contribution is -2.16. The Hall–Kier alpha value is -3.39. The number of hydrogen-bond donors (Lipinski definition) is 0. The van der Waals surface area contributed by atoms with E-state index in [1.807, 2.05) is 32.9 Å². The van der Waals surface area contributed by atoms with Crippen molar-refractivity contribution in [3.05, 3.63) is 69.8 Å². The minimum Gasteiger partial charge on any atom is -0.497 e. The van der Waals surface area contributed by atoms with Crippen molar-refractivity contribution in [1.82, 2.24) is 0 Å². The molecule has 0 radical (unpaired) electrons. The number of ketones is 1. The molecule has 0 aliphatic heterocycles. The van der Waals surface area contributed by atoms with E-state index in [0.717, 1.165) is 16.7 Å². The van der Waals surface area contributed by atoms with Crippen molar-refractivity contribution in [3.63, 3.8) is 0 Å². The van der Waals surface area contributed by atoms with E-state index in [1.165, 1.54) is 6.08 Å². The number of Topliss-reactive ketones (excluding diaryl/α,β-unsaturated/α-hetero) is 1. The van der Waals surface area contributed by atoms with Crippen molar-refractivity contribution in [2.75, 3.05) is 13.7 Å². The fraction of sp³-hybridized carbons (Fsp3) is 0.227. The van der Waals surface area contributed by atoms with Gasteiger partial charge in [-0.2, -0.15) is 5.26 Å². The van der Waals surface area contributed by atoms with Crippen LogP contribution in [0.5, 0.6) is 5.75 Å². The highest BCUT2D eigenvalue weighted by atomic mass is 16.5. The average molecular weight is 363 g/mol. The number of nitriles is 1. The Bertz CT molecular complexity index is 934. The Balaban J connectivity index is 2.08. The third-order valence-electron chi connectivity index (χ3n) is 4.24. The molecule has 27 heavy (non-hydrogen) atoms. The maximum absolute atomic E-state index is 12.4. The number of esters is 1. The first kappa shape index (κ1) is 19.9. The maximum atomic E-state index is 12.4. The quantitative estimate of drug-likeness (QED) is 0.336. The highest BCUT2D eigenvalue weighted by molar-refractivity contribution is 6.02. The number of benzene rings is 2. The first-order valence-electron chi connectivity index (χ1n) is 8.39. The summed E-state index contributed by atoms with van der Waals surface area (Å²) in [5.41, 5.74) is 3.91. The van der Waals surface area contributed by atoms with E-state index in [1.54, 1.807) is 37.4 Å². The lowest BCUT2D eigenvalue weighted by molar-refractivity contribution is -0.137. The second-order valence-corrected chi connectivity index (χ2v) is 6.19. The van der Waals surface area contributed by atoms with Crippen LogP contribution in [0, 0.1) is 32.1 Å². The van der Waals surface area contributed by atoms with Crippen LogP contribution in [0.3, 0.4) is 0 Å². The molecule has 0 saturated heterocycles. The lowest BCUT2D eigenvalue weighted by Gasteiger charge is -2.09. The molecule has 0 bridgehead atoms. The van der Waals surface area contributed by atoms with E-state index in [-0.39, 0.29) is 11.4 Å². The molecule has 5 nitrogen and oxygen atoms in total. The van der Waals surface area contributed by atoms with Crippen LogP contribution in [-0.2, 0) is 9.53 Å². The molecule has 0 aliphatic rings. The number of hydrogen-bond acceptors (Lipinski definition) is 5. The summed E-state index contributed by atoms with van der Waals surface area (Å²) in [6, 6.07) is 12.4. The van der Waals surface area contributed by atoms with Crippen LogP contribution in [0.15, 0.2) is 42.0 Å². The first-order valence-corrected chi connectivity index (χ1v) is 8.39. The SMILES string of the molecule is COc1ccc(/C=C(\C#N)C(=O)OCC(=O)c2cc(C)c(C)cc2C)cc1. The summed E-state index contributed by atoms with van der Waals surface area (Å²) in [5.74, 6) is -0.462. The Morgan fingerprint density at radius 3 is 2.26 bits per heavy atom. The molecule has 0 N–H and O–H groups in total. The van der Waals surface area contributed by atoms with Crippen molar-refractivity contribution in [3.8, 4) is 11.8 Å². The lowest BCUT2D eigenvalue weighted by atomic mass is 9.98. The van der Waals surface area contributed by atoms with E-state index in [2.05, 4.69) is 0 Å². The van der Waals surface area contributed by atoms with Crippen LogP contribution in [0.4, 0.5) is 0 Å². The molecule has 2 aromatic carbocycles. The van der Waals surface area contributed by atoms with Gasteiger partial charge in [0.1, 0.15) is 17.4 Å². The third kappa shape index (κ3) is 5.05. The topological polar surface area (TPSA) is 76.4 Å². The zero-order chi connectivity index (χ0) is 20.0. The van der Waals surface area contributed by atoms with Crippen molar-refractivity contribution >= 4 is 17.8 Å². The fourth-order valence-corrected chi connectivity index (χ4v) is 2.55. The minimum atomic E-state index is -0.830. The summed E-state index contributed by atoms with van der Waals surface area (Å²) >= 11 is 0. The van der Waals surface area contributed by atoms with Crippen molar-refractivity contribution in [1.29, 1.82) is 5.26 Å². The Labute approximate surface area is 158 Å². The molecule has 0 amide bonds. The largest absolute Gasteiger partial charge is 0.497 e. The van der Waals surface area contributed by atoms with E-state index >= 15 is 0 Å². The van der Waals surface area contributed by atoms with Gasteiger partial charge in [-0.15, -0.1) is 0 Å². The van der Waals surface area contributed by atoms with E-state index in [9.17, 15) is 14.9 Å². The van der Waals surface area contributed by atoms with Gasteiger partial charge in [-0.1, -0.05) is 18.2 Å². The summed E-state index contributed by atoms with van der Waals surface area (Å²) in [6.07, 6.45) is 1.41. The van der Waals surface area contributed by atoms with Crippen LogP contribution < -0.4 is 4.74 Å². The predicted octanol–water partition coefficient (Wildman–Crippen LogP) is 3.95. The van der Waals surface area contributed by atoms with E-state index in [0.29, 0.717) is 16.9 Å². The molecule has 0 saturated carbocycles. The Morgan fingerprint density at radius 1 is 1.04 bits per heavy atom. The van der Waals surface area contributed by atoms with Gasteiger partial charge in [-0.3, -0.25) is 4.79 Å². The van der Waals surface area contributed by atoms with Gasteiger partial charge in [0.2, 0.25) is 5.78 Å².